The van der Waals surface area contributed by atoms with Crippen molar-refractivity contribution in [2.45, 2.75) is 47.9 Å². The van der Waals surface area contributed by atoms with Crippen LogP contribution in [-0.4, -0.2) is 63.6 Å². The molecule has 1 heterocycles. The molecule has 0 unspecified atom stereocenters. The summed E-state index contributed by atoms with van der Waals surface area (Å²) >= 11 is 0. The number of nitrogens with zero attached hydrogens (tertiary/aromatic N) is 2. The Morgan fingerprint density at radius 3 is 2.09 bits per heavy atom. The van der Waals surface area contributed by atoms with Gasteiger partial charge in [0.05, 0.1) is 9.79 Å². The molecule has 1 aliphatic heterocycles. The number of nitrogens with one attached hydrogen (secondary N) is 1. The summed E-state index contributed by atoms with van der Waals surface area (Å²) in [6, 6.07) is 14.7. The molecular formula is C25H31N3O5S2. The molecule has 8 nitrogen and oxygen atoms in total. The van der Waals surface area contributed by atoms with E-state index in [4.69, 9.17) is 0 Å². The second-order valence-electron chi connectivity index (χ2n) is 8.77. The van der Waals surface area contributed by atoms with Gasteiger partial charge in [-0.25, -0.2) is 16.8 Å². The molecular weight excluding hydrogens is 486 g/mol. The van der Waals surface area contributed by atoms with E-state index in [2.05, 4.69) is 11.4 Å². The molecule has 0 radical (unpaired) electrons. The highest BCUT2D eigenvalue weighted by Gasteiger charge is 2.43. The van der Waals surface area contributed by atoms with Crippen LogP contribution in [0, 0.1) is 0 Å². The summed E-state index contributed by atoms with van der Waals surface area (Å²) < 4.78 is 55.6. The van der Waals surface area contributed by atoms with E-state index in [1.165, 1.54) is 40.6 Å². The molecule has 2 aromatic carbocycles. The van der Waals surface area contributed by atoms with E-state index in [0.717, 1.165) is 23.6 Å². The molecule has 10 heteroatoms. The normalized spacial score (nSPS) is 20.2. The van der Waals surface area contributed by atoms with Crippen molar-refractivity contribution >= 4 is 26.0 Å². The van der Waals surface area contributed by atoms with E-state index in [1.54, 1.807) is 36.4 Å². The first-order valence-corrected chi connectivity index (χ1v) is 14.8. The van der Waals surface area contributed by atoms with Crippen molar-refractivity contribution < 1.29 is 21.6 Å². The summed E-state index contributed by atoms with van der Waals surface area (Å²) in [5.41, 5.74) is 1.29. The molecule has 2 aliphatic rings. The Bertz CT molecular complexity index is 1260. The Balaban J connectivity index is 1.56. The van der Waals surface area contributed by atoms with Gasteiger partial charge in [-0.2, -0.15) is 8.61 Å². The van der Waals surface area contributed by atoms with E-state index in [1.807, 2.05) is 0 Å². The molecule has 188 valence electrons. The molecule has 0 spiro atoms. The number of sulfonamides is 2. The second-order valence-corrected chi connectivity index (χ2v) is 12.6. The van der Waals surface area contributed by atoms with Crippen LogP contribution in [0.3, 0.4) is 0 Å². The lowest BCUT2D eigenvalue weighted by Crippen LogP contribution is -2.61. The van der Waals surface area contributed by atoms with Gasteiger partial charge >= 0.3 is 0 Å². The minimum atomic E-state index is -4.00. The molecule has 35 heavy (non-hydrogen) atoms. The van der Waals surface area contributed by atoms with Crippen LogP contribution in [0.1, 0.15) is 32.1 Å². The van der Waals surface area contributed by atoms with Gasteiger partial charge in [0.25, 0.3) is 0 Å². The van der Waals surface area contributed by atoms with E-state index in [-0.39, 0.29) is 29.4 Å². The number of amides is 1. The number of benzene rings is 2. The topological polar surface area (TPSA) is 104 Å². The standard InChI is InChI=1S/C25H31N3O5S2/c29-25(26-17-16-21-10-4-1-5-11-21)24-20-27(34(30,31)22-12-6-2-7-13-22)18-19-28(24)35(32,33)23-14-8-3-9-15-23/h2-3,6-10,12-15,24H,1,4-5,11,16-20H2,(H,26,29)/t24-/m0/s1. The zero-order valence-corrected chi connectivity index (χ0v) is 21.2. The van der Waals surface area contributed by atoms with Crippen molar-refractivity contribution in [1.29, 1.82) is 0 Å². The van der Waals surface area contributed by atoms with Gasteiger partial charge in [-0.05, 0) is 56.4 Å². The lowest BCUT2D eigenvalue weighted by molar-refractivity contribution is -0.125. The summed E-state index contributed by atoms with van der Waals surface area (Å²) in [7, 11) is -7.87. The third kappa shape index (κ3) is 5.83. The second kappa shape index (κ2) is 11.0. The van der Waals surface area contributed by atoms with Crippen molar-refractivity contribution in [2.75, 3.05) is 26.2 Å². The first-order chi connectivity index (χ1) is 16.8. The first-order valence-electron chi connectivity index (χ1n) is 11.9. The molecule has 1 atom stereocenters. The van der Waals surface area contributed by atoms with E-state index in [9.17, 15) is 21.6 Å². The van der Waals surface area contributed by atoms with Crippen LogP contribution in [0.25, 0.3) is 0 Å². The molecule has 1 saturated heterocycles. The fraction of sp³-hybridized carbons (Fsp3) is 0.400. The number of carbonyl (C=O) groups is 1. The molecule has 0 saturated carbocycles. The van der Waals surface area contributed by atoms with Crippen molar-refractivity contribution in [1.82, 2.24) is 13.9 Å². The first kappa shape index (κ1) is 25.6. The van der Waals surface area contributed by atoms with Crippen LogP contribution in [0.2, 0.25) is 0 Å². The van der Waals surface area contributed by atoms with Crippen molar-refractivity contribution in [3.63, 3.8) is 0 Å². The number of allylic oxidation sites excluding steroid dienone is 1. The third-order valence-corrected chi connectivity index (χ3v) is 10.3. The quantitative estimate of drug-likeness (QED) is 0.543. The molecule has 2 aromatic rings. The number of hydrogen-bond donors (Lipinski definition) is 1. The van der Waals surface area contributed by atoms with Crippen LogP contribution >= 0.6 is 0 Å². The summed E-state index contributed by atoms with van der Waals surface area (Å²) in [6.07, 6.45) is 7.28. The van der Waals surface area contributed by atoms with Gasteiger partial charge in [0, 0.05) is 26.2 Å². The summed E-state index contributed by atoms with van der Waals surface area (Å²) in [5.74, 6) is -0.492. The number of hydrogen-bond acceptors (Lipinski definition) is 5. The number of carbonyl (C=O) groups excluding carboxylic acids is 1. The Hall–Kier alpha value is -2.53. The molecule has 1 fully saturated rings. The van der Waals surface area contributed by atoms with Gasteiger partial charge < -0.3 is 5.32 Å². The maximum atomic E-state index is 13.4. The fourth-order valence-electron chi connectivity index (χ4n) is 4.53. The van der Waals surface area contributed by atoms with Crippen LogP contribution < -0.4 is 5.32 Å². The van der Waals surface area contributed by atoms with Crippen LogP contribution in [-0.2, 0) is 24.8 Å². The molecule has 0 bridgehead atoms. The van der Waals surface area contributed by atoms with E-state index >= 15 is 0 Å². The summed E-state index contributed by atoms with van der Waals surface area (Å²) in [6.45, 7) is -0.0316. The smallest absolute Gasteiger partial charge is 0.243 e. The highest BCUT2D eigenvalue weighted by Crippen LogP contribution is 2.26. The van der Waals surface area contributed by atoms with Gasteiger partial charge in [-0.15, -0.1) is 0 Å². The van der Waals surface area contributed by atoms with Crippen molar-refractivity contribution in [3.8, 4) is 0 Å². The van der Waals surface area contributed by atoms with E-state index < -0.39 is 32.0 Å². The minimum Gasteiger partial charge on any atom is -0.354 e. The lowest BCUT2D eigenvalue weighted by atomic mass is 9.97. The SMILES string of the molecule is O=C(NCCC1=CCCCC1)[C@@H]1CN(S(=O)(=O)c2ccccc2)CCN1S(=O)(=O)c1ccccc1. The zero-order chi connectivity index (χ0) is 24.9. The van der Waals surface area contributed by atoms with Crippen LogP contribution in [0.4, 0.5) is 0 Å². The Morgan fingerprint density at radius 2 is 1.49 bits per heavy atom. The minimum absolute atomic E-state index is 0.0417. The Kier molecular flexibility index (Phi) is 8.05. The highest BCUT2D eigenvalue weighted by atomic mass is 32.2. The molecule has 1 aliphatic carbocycles. The predicted octanol–water partition coefficient (Wildman–Crippen LogP) is 2.76. The third-order valence-electron chi connectivity index (χ3n) is 6.46. The molecule has 4 rings (SSSR count). The fourth-order valence-corrected chi connectivity index (χ4v) is 7.58. The van der Waals surface area contributed by atoms with Crippen molar-refractivity contribution in [3.05, 3.63) is 72.3 Å². The number of piperazine rings is 1. The largest absolute Gasteiger partial charge is 0.354 e. The average Bonchev–Trinajstić information content (AvgIpc) is 2.90. The van der Waals surface area contributed by atoms with Crippen molar-refractivity contribution in [2.24, 2.45) is 0 Å². The predicted molar refractivity (Wildman–Crippen MR) is 134 cm³/mol. The number of rotatable bonds is 8. The van der Waals surface area contributed by atoms with Gasteiger partial charge in [0.2, 0.25) is 26.0 Å². The Morgan fingerprint density at radius 1 is 0.857 bits per heavy atom. The molecule has 1 amide bonds. The van der Waals surface area contributed by atoms with E-state index in [0.29, 0.717) is 13.0 Å². The van der Waals surface area contributed by atoms with Gasteiger partial charge in [0.1, 0.15) is 6.04 Å². The molecule has 1 N–H and O–H groups in total. The van der Waals surface area contributed by atoms with Crippen LogP contribution in [0.15, 0.2) is 82.1 Å². The highest BCUT2D eigenvalue weighted by molar-refractivity contribution is 7.89. The van der Waals surface area contributed by atoms with Gasteiger partial charge in [-0.1, -0.05) is 48.0 Å². The average molecular weight is 518 g/mol. The molecule has 0 aromatic heterocycles. The van der Waals surface area contributed by atoms with Crippen LogP contribution in [0.5, 0.6) is 0 Å². The van der Waals surface area contributed by atoms with Gasteiger partial charge in [-0.3, -0.25) is 4.79 Å². The monoisotopic (exact) mass is 517 g/mol. The maximum absolute atomic E-state index is 13.4. The zero-order valence-electron chi connectivity index (χ0n) is 19.5. The Labute approximate surface area is 207 Å². The summed E-state index contributed by atoms with van der Waals surface area (Å²) in [5, 5.41) is 2.86. The van der Waals surface area contributed by atoms with Gasteiger partial charge in [0.15, 0.2) is 0 Å². The summed E-state index contributed by atoms with van der Waals surface area (Å²) in [4.78, 5) is 13.5. The lowest BCUT2D eigenvalue weighted by Gasteiger charge is -2.39. The maximum Gasteiger partial charge on any atom is 0.243 e.